The summed E-state index contributed by atoms with van der Waals surface area (Å²) in [6.45, 7) is 8.90. The molecule has 0 radical (unpaired) electrons. The average Bonchev–Trinajstić information content (AvgIpc) is 2.30. The van der Waals surface area contributed by atoms with Crippen molar-refractivity contribution in [2.45, 2.75) is 0 Å². The van der Waals surface area contributed by atoms with Crippen molar-refractivity contribution in [3.63, 3.8) is 0 Å². The minimum Gasteiger partial charge on any atom is -0.411 e. The molecule has 1 aromatic rings. The van der Waals surface area contributed by atoms with Gasteiger partial charge in [-0.15, -0.1) is 13.2 Å². The van der Waals surface area contributed by atoms with E-state index in [0.717, 1.165) is 24.3 Å². The van der Waals surface area contributed by atoms with E-state index >= 15 is 0 Å². The van der Waals surface area contributed by atoms with E-state index in [9.17, 15) is 0 Å². The van der Waals surface area contributed by atoms with Crippen LogP contribution in [0.2, 0.25) is 0 Å². The first-order valence-corrected chi connectivity index (χ1v) is 5.06. The third kappa shape index (κ3) is 2.98. The van der Waals surface area contributed by atoms with Crippen LogP contribution in [0, 0.1) is 0 Å². The molecule has 84 valence electrons. The van der Waals surface area contributed by atoms with Gasteiger partial charge in [-0.2, -0.15) is 0 Å². The molecule has 0 aliphatic rings. The Kier molecular flexibility index (Phi) is 4.86. The standard InChI is InChI=1S/C13H16N2O/c1-3-9-15(10-4-2)13-8-6-5-7-12(13)11-14-16/h3-8,11,16H,1-2,9-10H2. The highest BCUT2D eigenvalue weighted by Crippen LogP contribution is 2.18. The van der Waals surface area contributed by atoms with Crippen LogP contribution in [0.3, 0.4) is 0 Å². The third-order valence-corrected chi connectivity index (χ3v) is 2.17. The van der Waals surface area contributed by atoms with Crippen LogP contribution in [0.4, 0.5) is 5.69 Å². The van der Waals surface area contributed by atoms with Crippen LogP contribution in [0.25, 0.3) is 0 Å². The summed E-state index contributed by atoms with van der Waals surface area (Å²) in [4.78, 5) is 2.09. The molecule has 0 aromatic heterocycles. The lowest BCUT2D eigenvalue weighted by Gasteiger charge is -2.23. The monoisotopic (exact) mass is 216 g/mol. The van der Waals surface area contributed by atoms with Gasteiger partial charge < -0.3 is 10.1 Å². The largest absolute Gasteiger partial charge is 0.411 e. The topological polar surface area (TPSA) is 35.8 Å². The summed E-state index contributed by atoms with van der Waals surface area (Å²) in [6.07, 6.45) is 5.08. The highest BCUT2D eigenvalue weighted by molar-refractivity contribution is 5.87. The smallest absolute Gasteiger partial charge is 0.0754 e. The number of benzene rings is 1. The van der Waals surface area contributed by atoms with Gasteiger partial charge in [0.2, 0.25) is 0 Å². The Balaban J connectivity index is 3.05. The Labute approximate surface area is 96.0 Å². The molecule has 3 heteroatoms. The molecule has 1 N–H and O–H groups in total. The minimum atomic E-state index is 0.725. The number of nitrogens with zero attached hydrogens (tertiary/aromatic N) is 2. The molecular formula is C13H16N2O. The summed E-state index contributed by atoms with van der Waals surface area (Å²) < 4.78 is 0. The normalized spacial score (nSPS) is 10.2. The zero-order valence-corrected chi connectivity index (χ0v) is 9.21. The summed E-state index contributed by atoms with van der Waals surface area (Å²) >= 11 is 0. The van der Waals surface area contributed by atoms with Crippen molar-refractivity contribution in [2.75, 3.05) is 18.0 Å². The number of hydrogen-bond donors (Lipinski definition) is 1. The summed E-state index contributed by atoms with van der Waals surface area (Å²) in [5.41, 5.74) is 1.87. The van der Waals surface area contributed by atoms with Gasteiger partial charge in [-0.25, -0.2) is 0 Å². The van der Waals surface area contributed by atoms with Crippen LogP contribution in [-0.2, 0) is 0 Å². The second kappa shape index (κ2) is 6.45. The van der Waals surface area contributed by atoms with Gasteiger partial charge in [0.05, 0.1) is 6.21 Å². The van der Waals surface area contributed by atoms with Gasteiger partial charge in [-0.3, -0.25) is 0 Å². The number of anilines is 1. The fourth-order valence-electron chi connectivity index (χ4n) is 1.53. The average molecular weight is 216 g/mol. The van der Waals surface area contributed by atoms with Crippen LogP contribution in [0.1, 0.15) is 5.56 Å². The van der Waals surface area contributed by atoms with Crippen molar-refractivity contribution in [2.24, 2.45) is 5.16 Å². The Hall–Kier alpha value is -2.03. The van der Waals surface area contributed by atoms with E-state index < -0.39 is 0 Å². The molecule has 0 atom stereocenters. The van der Waals surface area contributed by atoms with Crippen LogP contribution in [0.5, 0.6) is 0 Å². The van der Waals surface area contributed by atoms with Crippen molar-refractivity contribution in [3.05, 3.63) is 55.1 Å². The molecule has 1 aromatic carbocycles. The maximum Gasteiger partial charge on any atom is 0.0754 e. The Bertz CT molecular complexity index is 375. The molecule has 0 unspecified atom stereocenters. The lowest BCUT2D eigenvalue weighted by Crippen LogP contribution is -2.24. The van der Waals surface area contributed by atoms with E-state index in [4.69, 9.17) is 5.21 Å². The van der Waals surface area contributed by atoms with Gasteiger partial charge in [0, 0.05) is 24.3 Å². The molecule has 0 aliphatic carbocycles. The predicted octanol–water partition coefficient (Wildman–Crippen LogP) is 2.67. The molecule has 0 spiro atoms. The fraction of sp³-hybridized carbons (Fsp3) is 0.154. The Morgan fingerprint density at radius 3 is 2.38 bits per heavy atom. The summed E-state index contributed by atoms with van der Waals surface area (Å²) in [5.74, 6) is 0. The van der Waals surface area contributed by atoms with Gasteiger partial charge in [0.25, 0.3) is 0 Å². The van der Waals surface area contributed by atoms with E-state index in [1.54, 1.807) is 0 Å². The maximum absolute atomic E-state index is 8.60. The lowest BCUT2D eigenvalue weighted by atomic mass is 10.1. The van der Waals surface area contributed by atoms with Crippen LogP contribution in [0.15, 0.2) is 54.7 Å². The Morgan fingerprint density at radius 1 is 1.19 bits per heavy atom. The Morgan fingerprint density at radius 2 is 1.81 bits per heavy atom. The quantitative estimate of drug-likeness (QED) is 0.343. The number of para-hydroxylation sites is 1. The van der Waals surface area contributed by atoms with E-state index in [1.807, 2.05) is 36.4 Å². The van der Waals surface area contributed by atoms with Gasteiger partial charge >= 0.3 is 0 Å². The molecule has 3 nitrogen and oxygen atoms in total. The van der Waals surface area contributed by atoms with Crippen molar-refractivity contribution in [3.8, 4) is 0 Å². The summed E-state index contributed by atoms with van der Waals surface area (Å²) in [6, 6.07) is 7.72. The van der Waals surface area contributed by atoms with Crippen molar-refractivity contribution < 1.29 is 5.21 Å². The molecule has 1 rings (SSSR count). The fourth-order valence-corrected chi connectivity index (χ4v) is 1.53. The molecule has 16 heavy (non-hydrogen) atoms. The van der Waals surface area contributed by atoms with Crippen LogP contribution < -0.4 is 4.90 Å². The number of rotatable bonds is 6. The zero-order chi connectivity index (χ0) is 11.8. The van der Waals surface area contributed by atoms with Crippen molar-refractivity contribution in [1.82, 2.24) is 0 Å². The van der Waals surface area contributed by atoms with Gasteiger partial charge in [-0.05, 0) is 6.07 Å². The van der Waals surface area contributed by atoms with Crippen LogP contribution >= 0.6 is 0 Å². The second-order valence-corrected chi connectivity index (χ2v) is 3.29. The zero-order valence-electron chi connectivity index (χ0n) is 9.21. The third-order valence-electron chi connectivity index (χ3n) is 2.17. The highest BCUT2D eigenvalue weighted by atomic mass is 16.4. The first-order valence-electron chi connectivity index (χ1n) is 5.06. The van der Waals surface area contributed by atoms with Crippen molar-refractivity contribution in [1.29, 1.82) is 0 Å². The number of hydrogen-bond acceptors (Lipinski definition) is 3. The van der Waals surface area contributed by atoms with Crippen molar-refractivity contribution >= 4 is 11.9 Å². The van der Waals surface area contributed by atoms with E-state index in [2.05, 4.69) is 23.2 Å². The van der Waals surface area contributed by atoms with E-state index in [0.29, 0.717) is 0 Å². The molecule has 0 aliphatic heterocycles. The second-order valence-electron chi connectivity index (χ2n) is 3.29. The minimum absolute atomic E-state index is 0.725. The molecule has 0 saturated heterocycles. The van der Waals surface area contributed by atoms with E-state index in [-0.39, 0.29) is 0 Å². The molecule has 0 amide bonds. The summed E-state index contributed by atoms with van der Waals surface area (Å²) in [7, 11) is 0. The molecule has 0 bridgehead atoms. The van der Waals surface area contributed by atoms with Gasteiger partial charge in [-0.1, -0.05) is 35.5 Å². The van der Waals surface area contributed by atoms with Gasteiger partial charge in [0.15, 0.2) is 0 Å². The molecule has 0 heterocycles. The SMILES string of the molecule is C=CCN(CC=C)c1ccccc1C=NO. The molecule has 0 saturated carbocycles. The first-order chi connectivity index (χ1) is 7.83. The maximum atomic E-state index is 8.60. The lowest BCUT2D eigenvalue weighted by molar-refractivity contribution is 0.322. The highest BCUT2D eigenvalue weighted by Gasteiger charge is 2.06. The van der Waals surface area contributed by atoms with Gasteiger partial charge in [0.1, 0.15) is 0 Å². The molecule has 0 fully saturated rings. The summed E-state index contributed by atoms with van der Waals surface area (Å²) in [5, 5.41) is 11.7. The predicted molar refractivity (Wildman–Crippen MR) is 68.4 cm³/mol. The van der Waals surface area contributed by atoms with Crippen LogP contribution in [-0.4, -0.2) is 24.5 Å². The number of oxime groups is 1. The first kappa shape index (κ1) is 12.0. The van der Waals surface area contributed by atoms with E-state index in [1.165, 1.54) is 6.21 Å². The molecular weight excluding hydrogens is 200 g/mol.